The molecule has 0 radical (unpaired) electrons. The van der Waals surface area contributed by atoms with Crippen LogP contribution in [0, 0.1) is 5.82 Å². The maximum absolute atomic E-state index is 13.0. The van der Waals surface area contributed by atoms with E-state index in [2.05, 4.69) is 0 Å². The van der Waals surface area contributed by atoms with Gasteiger partial charge in [0.2, 0.25) is 5.91 Å². The molecule has 0 bridgehead atoms. The van der Waals surface area contributed by atoms with E-state index < -0.39 is 0 Å². The number of halogens is 1. The number of amides is 1. The minimum absolute atomic E-state index is 0.00698. The van der Waals surface area contributed by atoms with Crippen LogP contribution in [0.5, 0.6) is 0 Å². The second kappa shape index (κ2) is 7.71. The van der Waals surface area contributed by atoms with Gasteiger partial charge in [-0.2, -0.15) is 0 Å². The van der Waals surface area contributed by atoms with E-state index in [1.54, 1.807) is 17.0 Å². The Hall–Kier alpha value is -2.20. The van der Waals surface area contributed by atoms with Crippen LogP contribution in [0.1, 0.15) is 12.5 Å². The number of carbonyl (C=O) groups is 1. The topological polar surface area (TPSA) is 23.6 Å². The molecule has 0 heterocycles. The standard InChI is InChI=1S/C18H21FN2O/c1-3-21(17-11-9-16(19)10-12-17)18(22)14-20(2)13-15-7-5-4-6-8-15/h4-12H,3,13-14H2,1-2H3. The van der Waals surface area contributed by atoms with Crippen LogP contribution in [0.4, 0.5) is 10.1 Å². The van der Waals surface area contributed by atoms with Gasteiger partial charge in [-0.05, 0) is 43.8 Å². The SMILES string of the molecule is CCN(C(=O)CN(C)Cc1ccccc1)c1ccc(F)cc1. The minimum Gasteiger partial charge on any atom is -0.312 e. The lowest BCUT2D eigenvalue weighted by Crippen LogP contribution is -2.38. The molecule has 116 valence electrons. The van der Waals surface area contributed by atoms with Gasteiger partial charge < -0.3 is 4.90 Å². The van der Waals surface area contributed by atoms with Gasteiger partial charge in [0.1, 0.15) is 5.82 Å². The van der Waals surface area contributed by atoms with Crippen LogP contribution in [-0.2, 0) is 11.3 Å². The Balaban J connectivity index is 1.98. The smallest absolute Gasteiger partial charge is 0.241 e. The second-order valence-corrected chi connectivity index (χ2v) is 5.27. The van der Waals surface area contributed by atoms with Crippen molar-refractivity contribution in [1.29, 1.82) is 0 Å². The fraction of sp³-hybridized carbons (Fsp3) is 0.278. The molecule has 0 saturated carbocycles. The van der Waals surface area contributed by atoms with Gasteiger partial charge in [0.05, 0.1) is 6.54 Å². The van der Waals surface area contributed by atoms with E-state index in [-0.39, 0.29) is 11.7 Å². The van der Waals surface area contributed by atoms with Gasteiger partial charge in [0.15, 0.2) is 0 Å². The molecule has 4 heteroatoms. The highest BCUT2D eigenvalue weighted by Gasteiger charge is 2.16. The van der Waals surface area contributed by atoms with Gasteiger partial charge >= 0.3 is 0 Å². The molecule has 3 nitrogen and oxygen atoms in total. The van der Waals surface area contributed by atoms with E-state index in [0.29, 0.717) is 19.6 Å². The first-order valence-electron chi connectivity index (χ1n) is 7.38. The van der Waals surface area contributed by atoms with Crippen molar-refractivity contribution in [3.05, 3.63) is 66.0 Å². The Morgan fingerprint density at radius 3 is 2.27 bits per heavy atom. The third kappa shape index (κ3) is 4.40. The summed E-state index contributed by atoms with van der Waals surface area (Å²) in [6.45, 7) is 3.51. The van der Waals surface area contributed by atoms with E-state index in [1.807, 2.05) is 49.2 Å². The molecule has 0 aliphatic heterocycles. The molecule has 0 spiro atoms. The molecular formula is C18H21FN2O. The molecular weight excluding hydrogens is 279 g/mol. The number of rotatable bonds is 6. The number of nitrogens with zero attached hydrogens (tertiary/aromatic N) is 2. The van der Waals surface area contributed by atoms with Crippen LogP contribution < -0.4 is 4.90 Å². The first-order chi connectivity index (χ1) is 10.6. The summed E-state index contributed by atoms with van der Waals surface area (Å²) in [5.74, 6) is -0.291. The zero-order chi connectivity index (χ0) is 15.9. The Kier molecular flexibility index (Phi) is 5.67. The summed E-state index contributed by atoms with van der Waals surface area (Å²) in [6, 6.07) is 16.0. The Labute approximate surface area is 131 Å². The van der Waals surface area contributed by atoms with Crippen molar-refractivity contribution in [2.75, 3.05) is 25.0 Å². The molecule has 0 saturated heterocycles. The zero-order valence-electron chi connectivity index (χ0n) is 13.0. The number of hydrogen-bond acceptors (Lipinski definition) is 2. The Morgan fingerprint density at radius 2 is 1.68 bits per heavy atom. The van der Waals surface area contributed by atoms with Crippen molar-refractivity contribution in [1.82, 2.24) is 4.90 Å². The van der Waals surface area contributed by atoms with E-state index in [4.69, 9.17) is 0 Å². The van der Waals surface area contributed by atoms with Gasteiger partial charge in [-0.15, -0.1) is 0 Å². The molecule has 1 amide bonds. The summed E-state index contributed by atoms with van der Waals surface area (Å²) in [4.78, 5) is 16.1. The lowest BCUT2D eigenvalue weighted by molar-refractivity contribution is -0.119. The van der Waals surface area contributed by atoms with E-state index in [1.165, 1.54) is 17.7 Å². The molecule has 0 unspecified atom stereocenters. The number of hydrogen-bond donors (Lipinski definition) is 0. The second-order valence-electron chi connectivity index (χ2n) is 5.27. The first-order valence-corrected chi connectivity index (χ1v) is 7.38. The summed E-state index contributed by atoms with van der Waals surface area (Å²) in [7, 11) is 1.92. The molecule has 0 atom stereocenters. The molecule has 2 aromatic rings. The van der Waals surface area contributed by atoms with Crippen molar-refractivity contribution in [2.24, 2.45) is 0 Å². The molecule has 0 aliphatic carbocycles. The zero-order valence-corrected chi connectivity index (χ0v) is 13.0. The molecule has 0 fully saturated rings. The molecule has 22 heavy (non-hydrogen) atoms. The van der Waals surface area contributed by atoms with Crippen molar-refractivity contribution in [3.63, 3.8) is 0 Å². The van der Waals surface area contributed by atoms with Crippen LogP contribution in [0.25, 0.3) is 0 Å². The third-order valence-corrected chi connectivity index (χ3v) is 3.46. The van der Waals surface area contributed by atoms with Gasteiger partial charge in [-0.3, -0.25) is 9.69 Å². The predicted octanol–water partition coefficient (Wildman–Crippen LogP) is 3.31. The molecule has 0 aromatic heterocycles. The third-order valence-electron chi connectivity index (χ3n) is 3.46. The van der Waals surface area contributed by atoms with Crippen molar-refractivity contribution in [2.45, 2.75) is 13.5 Å². The molecule has 0 N–H and O–H groups in total. The molecule has 2 aromatic carbocycles. The van der Waals surface area contributed by atoms with Crippen molar-refractivity contribution >= 4 is 11.6 Å². The predicted molar refractivity (Wildman–Crippen MR) is 87.2 cm³/mol. The van der Waals surface area contributed by atoms with Crippen molar-refractivity contribution < 1.29 is 9.18 Å². The summed E-state index contributed by atoms with van der Waals surface area (Å²) in [6.07, 6.45) is 0. The van der Waals surface area contributed by atoms with E-state index in [0.717, 1.165) is 5.69 Å². The maximum Gasteiger partial charge on any atom is 0.241 e. The fourth-order valence-corrected chi connectivity index (χ4v) is 2.39. The Morgan fingerprint density at radius 1 is 1.05 bits per heavy atom. The average Bonchev–Trinajstić information content (AvgIpc) is 2.50. The summed E-state index contributed by atoms with van der Waals surface area (Å²) >= 11 is 0. The summed E-state index contributed by atoms with van der Waals surface area (Å²) < 4.78 is 13.0. The number of benzene rings is 2. The van der Waals surface area contributed by atoms with Crippen LogP contribution in [0.15, 0.2) is 54.6 Å². The van der Waals surface area contributed by atoms with Gasteiger partial charge in [0.25, 0.3) is 0 Å². The highest BCUT2D eigenvalue weighted by Crippen LogP contribution is 2.15. The summed E-state index contributed by atoms with van der Waals surface area (Å²) in [5.41, 5.74) is 1.89. The largest absolute Gasteiger partial charge is 0.312 e. The fourth-order valence-electron chi connectivity index (χ4n) is 2.39. The minimum atomic E-state index is -0.298. The van der Waals surface area contributed by atoms with Crippen molar-refractivity contribution in [3.8, 4) is 0 Å². The van der Waals surface area contributed by atoms with E-state index in [9.17, 15) is 9.18 Å². The van der Waals surface area contributed by atoms with Gasteiger partial charge in [-0.25, -0.2) is 4.39 Å². The quantitative estimate of drug-likeness (QED) is 0.817. The number of carbonyl (C=O) groups excluding carboxylic acids is 1. The summed E-state index contributed by atoms with van der Waals surface area (Å²) in [5, 5.41) is 0. The van der Waals surface area contributed by atoms with Crippen LogP contribution in [-0.4, -0.2) is 30.9 Å². The van der Waals surface area contributed by atoms with E-state index >= 15 is 0 Å². The highest BCUT2D eigenvalue weighted by molar-refractivity contribution is 5.94. The molecule has 2 rings (SSSR count). The lowest BCUT2D eigenvalue weighted by Gasteiger charge is -2.24. The van der Waals surface area contributed by atoms with Crippen LogP contribution in [0.3, 0.4) is 0 Å². The number of likely N-dealkylation sites (N-methyl/N-ethyl adjacent to an activating group) is 2. The number of anilines is 1. The Bertz CT molecular complexity index is 598. The van der Waals surface area contributed by atoms with Crippen LogP contribution >= 0.6 is 0 Å². The average molecular weight is 300 g/mol. The normalized spacial score (nSPS) is 10.7. The van der Waals surface area contributed by atoms with Gasteiger partial charge in [0, 0.05) is 18.8 Å². The lowest BCUT2D eigenvalue weighted by atomic mass is 10.2. The van der Waals surface area contributed by atoms with Gasteiger partial charge in [-0.1, -0.05) is 30.3 Å². The maximum atomic E-state index is 13.0. The molecule has 0 aliphatic rings. The highest BCUT2D eigenvalue weighted by atomic mass is 19.1. The first kappa shape index (κ1) is 16.2. The monoisotopic (exact) mass is 300 g/mol. The van der Waals surface area contributed by atoms with Crippen LogP contribution in [0.2, 0.25) is 0 Å².